The zero-order valence-electron chi connectivity index (χ0n) is 7.25. The van der Waals surface area contributed by atoms with Gasteiger partial charge >= 0.3 is 0 Å². The number of aromatic nitrogens is 2. The van der Waals surface area contributed by atoms with Gasteiger partial charge in [0.2, 0.25) is 11.8 Å². The molecule has 72 valence electrons. The number of hydrogen-bond acceptors (Lipinski definition) is 5. The van der Waals surface area contributed by atoms with Crippen molar-refractivity contribution in [2.45, 2.75) is 13.3 Å². The number of anilines is 1. The topological polar surface area (TPSA) is 73.1 Å². The van der Waals surface area contributed by atoms with Crippen LogP contribution in [0.2, 0.25) is 5.02 Å². The molecule has 0 atom stereocenters. The van der Waals surface area contributed by atoms with Crippen molar-refractivity contribution >= 4 is 17.5 Å². The van der Waals surface area contributed by atoms with E-state index in [4.69, 9.17) is 22.2 Å². The second-order valence-electron chi connectivity index (χ2n) is 2.34. The quantitative estimate of drug-likeness (QED) is 0.567. The van der Waals surface area contributed by atoms with E-state index < -0.39 is 0 Å². The highest BCUT2D eigenvalue weighted by Gasteiger charge is 2.04. The molecule has 0 fully saturated rings. The normalized spacial score (nSPS) is 9.77. The van der Waals surface area contributed by atoms with E-state index in [1.807, 2.05) is 6.92 Å². The summed E-state index contributed by atoms with van der Waals surface area (Å²) in [4.78, 5) is 7.73. The summed E-state index contributed by atoms with van der Waals surface area (Å²) >= 11 is 5.77. The van der Waals surface area contributed by atoms with Gasteiger partial charge in [0, 0.05) is 0 Å². The van der Waals surface area contributed by atoms with Crippen LogP contribution in [0.1, 0.15) is 13.3 Å². The van der Waals surface area contributed by atoms with Gasteiger partial charge in [0.1, 0.15) is 5.02 Å². The molecule has 0 radical (unpaired) electrons. The van der Waals surface area contributed by atoms with Crippen LogP contribution in [0.3, 0.4) is 0 Å². The first-order valence-electron chi connectivity index (χ1n) is 3.90. The largest absolute Gasteiger partial charge is 0.477 e. The molecule has 0 spiro atoms. The van der Waals surface area contributed by atoms with E-state index >= 15 is 0 Å². The lowest BCUT2D eigenvalue weighted by molar-refractivity contribution is 0.305. The maximum atomic E-state index is 5.77. The van der Waals surface area contributed by atoms with Gasteiger partial charge in [-0.1, -0.05) is 18.5 Å². The number of halogens is 1. The fourth-order valence-electron chi connectivity index (χ4n) is 0.721. The summed E-state index contributed by atoms with van der Waals surface area (Å²) in [5, 5.41) is 0.382. The molecule has 0 unspecified atom stereocenters. The van der Waals surface area contributed by atoms with Crippen molar-refractivity contribution in [3.8, 4) is 5.88 Å². The molecule has 0 amide bonds. The molecule has 1 aromatic rings. The Bertz CT molecular complexity index is 281. The van der Waals surface area contributed by atoms with Crippen LogP contribution < -0.4 is 16.0 Å². The lowest BCUT2D eigenvalue weighted by atomic mass is 10.5. The van der Waals surface area contributed by atoms with Gasteiger partial charge in [-0.05, 0) is 6.42 Å². The summed E-state index contributed by atoms with van der Waals surface area (Å²) in [6.07, 6.45) is 2.33. The van der Waals surface area contributed by atoms with Gasteiger partial charge in [0.15, 0.2) is 0 Å². The van der Waals surface area contributed by atoms with Gasteiger partial charge < -0.3 is 4.74 Å². The second kappa shape index (κ2) is 4.84. The number of ether oxygens (including phenoxy) is 1. The summed E-state index contributed by atoms with van der Waals surface area (Å²) in [5.41, 5.74) is 2.31. The number of nitrogens with zero attached hydrogens (tertiary/aromatic N) is 2. The van der Waals surface area contributed by atoms with Gasteiger partial charge in [0.05, 0.1) is 12.8 Å². The van der Waals surface area contributed by atoms with E-state index in [1.54, 1.807) is 0 Å². The summed E-state index contributed by atoms with van der Waals surface area (Å²) in [7, 11) is 0. The Morgan fingerprint density at radius 2 is 2.46 bits per heavy atom. The SMILES string of the molecule is CCCOc1nc(NN)ncc1Cl. The molecule has 1 heterocycles. The van der Waals surface area contributed by atoms with E-state index in [-0.39, 0.29) is 5.95 Å². The highest BCUT2D eigenvalue weighted by Crippen LogP contribution is 2.21. The molecule has 0 bridgehead atoms. The van der Waals surface area contributed by atoms with Gasteiger partial charge in [-0.3, -0.25) is 5.43 Å². The van der Waals surface area contributed by atoms with Crippen LogP contribution in [-0.4, -0.2) is 16.6 Å². The third kappa shape index (κ3) is 2.71. The number of hydrogen-bond donors (Lipinski definition) is 2. The lowest BCUT2D eigenvalue weighted by Gasteiger charge is -2.06. The zero-order valence-corrected chi connectivity index (χ0v) is 8.01. The van der Waals surface area contributed by atoms with Crippen molar-refractivity contribution < 1.29 is 4.74 Å². The zero-order chi connectivity index (χ0) is 9.68. The molecular weight excluding hydrogens is 192 g/mol. The van der Waals surface area contributed by atoms with E-state index in [0.717, 1.165) is 6.42 Å². The molecule has 6 heteroatoms. The highest BCUT2D eigenvalue weighted by atomic mass is 35.5. The molecule has 0 aliphatic heterocycles. The lowest BCUT2D eigenvalue weighted by Crippen LogP contribution is -2.11. The maximum Gasteiger partial charge on any atom is 0.240 e. The molecule has 0 aliphatic rings. The van der Waals surface area contributed by atoms with E-state index in [9.17, 15) is 0 Å². The van der Waals surface area contributed by atoms with Gasteiger partial charge in [-0.2, -0.15) is 4.98 Å². The fourth-order valence-corrected chi connectivity index (χ4v) is 0.867. The molecule has 0 aromatic carbocycles. The molecule has 3 N–H and O–H groups in total. The van der Waals surface area contributed by atoms with E-state index in [0.29, 0.717) is 17.5 Å². The fraction of sp³-hybridized carbons (Fsp3) is 0.429. The molecule has 13 heavy (non-hydrogen) atoms. The highest BCUT2D eigenvalue weighted by molar-refractivity contribution is 6.31. The van der Waals surface area contributed by atoms with Crippen molar-refractivity contribution in [1.82, 2.24) is 9.97 Å². The third-order valence-electron chi connectivity index (χ3n) is 1.28. The van der Waals surface area contributed by atoms with Crippen LogP contribution in [0.5, 0.6) is 5.88 Å². The number of nitrogens with one attached hydrogen (secondary N) is 1. The first-order valence-corrected chi connectivity index (χ1v) is 4.27. The monoisotopic (exact) mass is 202 g/mol. The van der Waals surface area contributed by atoms with Crippen molar-refractivity contribution in [3.05, 3.63) is 11.2 Å². The average molecular weight is 203 g/mol. The molecule has 1 aromatic heterocycles. The molecule has 0 saturated carbocycles. The van der Waals surface area contributed by atoms with Gasteiger partial charge in [-0.15, -0.1) is 0 Å². The Labute approximate surface area is 81.2 Å². The average Bonchev–Trinajstić information content (AvgIpc) is 2.17. The van der Waals surface area contributed by atoms with Crippen LogP contribution in [0.4, 0.5) is 5.95 Å². The van der Waals surface area contributed by atoms with Crippen LogP contribution in [0.15, 0.2) is 6.20 Å². The Morgan fingerprint density at radius 1 is 1.69 bits per heavy atom. The molecular formula is C7H11ClN4O. The van der Waals surface area contributed by atoms with Crippen molar-refractivity contribution in [3.63, 3.8) is 0 Å². The number of rotatable bonds is 4. The summed E-state index contributed by atoms with van der Waals surface area (Å²) < 4.78 is 5.25. The second-order valence-corrected chi connectivity index (χ2v) is 2.75. The Hall–Kier alpha value is -1.07. The van der Waals surface area contributed by atoms with E-state index in [1.165, 1.54) is 6.20 Å². The van der Waals surface area contributed by atoms with Crippen molar-refractivity contribution in [2.75, 3.05) is 12.0 Å². The molecule has 1 rings (SSSR count). The number of nitrogen functional groups attached to an aromatic ring is 1. The Morgan fingerprint density at radius 3 is 3.08 bits per heavy atom. The minimum Gasteiger partial charge on any atom is -0.477 e. The molecule has 5 nitrogen and oxygen atoms in total. The van der Waals surface area contributed by atoms with Crippen molar-refractivity contribution in [2.24, 2.45) is 5.84 Å². The summed E-state index contributed by atoms with van der Waals surface area (Å²) in [5.74, 6) is 5.76. The molecule has 0 saturated heterocycles. The Balaban J connectivity index is 2.78. The third-order valence-corrected chi connectivity index (χ3v) is 1.54. The number of nitrogens with two attached hydrogens (primary N) is 1. The smallest absolute Gasteiger partial charge is 0.240 e. The predicted octanol–water partition coefficient (Wildman–Crippen LogP) is 1.20. The van der Waals surface area contributed by atoms with Gasteiger partial charge in [0.25, 0.3) is 0 Å². The standard InChI is InChI=1S/C7H11ClN4O/c1-2-3-13-6-5(8)4-10-7(11-6)12-9/h4H,2-3,9H2,1H3,(H,10,11,12). The Kier molecular flexibility index (Phi) is 3.72. The van der Waals surface area contributed by atoms with Crippen molar-refractivity contribution in [1.29, 1.82) is 0 Å². The van der Waals surface area contributed by atoms with Crippen LogP contribution in [-0.2, 0) is 0 Å². The maximum absolute atomic E-state index is 5.77. The van der Waals surface area contributed by atoms with Crippen LogP contribution in [0, 0.1) is 0 Å². The predicted molar refractivity (Wildman–Crippen MR) is 50.6 cm³/mol. The minimum absolute atomic E-state index is 0.288. The summed E-state index contributed by atoms with van der Waals surface area (Å²) in [6, 6.07) is 0. The minimum atomic E-state index is 0.288. The van der Waals surface area contributed by atoms with Crippen LogP contribution >= 0.6 is 11.6 Å². The van der Waals surface area contributed by atoms with Gasteiger partial charge in [-0.25, -0.2) is 10.8 Å². The first-order chi connectivity index (χ1) is 6.27. The number of hydrazine groups is 1. The molecule has 0 aliphatic carbocycles. The first kappa shape index (κ1) is 10.0. The van der Waals surface area contributed by atoms with E-state index in [2.05, 4.69) is 15.4 Å². The summed E-state index contributed by atoms with van der Waals surface area (Å²) in [6.45, 7) is 2.57. The van der Waals surface area contributed by atoms with Crippen LogP contribution in [0.25, 0.3) is 0 Å².